The van der Waals surface area contributed by atoms with E-state index in [0.717, 1.165) is 58.5 Å². The second-order valence-electron chi connectivity index (χ2n) is 9.28. The quantitative estimate of drug-likeness (QED) is 0.667. The van der Waals surface area contributed by atoms with Crippen LogP contribution in [0.5, 0.6) is 0 Å². The lowest BCUT2D eigenvalue weighted by molar-refractivity contribution is -0.0267. The monoisotopic (exact) mass is 320 g/mol. The number of fused-ring (bicyclic) bond motifs is 4. The maximum absolute atomic E-state index is 5.92. The smallest absolute Gasteiger partial charge is 0.145 e. The van der Waals surface area contributed by atoms with Crippen molar-refractivity contribution in [2.24, 2.45) is 46.8 Å². The first-order valence-electron chi connectivity index (χ1n) is 10.2. The summed E-state index contributed by atoms with van der Waals surface area (Å²) >= 11 is 0. The van der Waals surface area contributed by atoms with Crippen LogP contribution in [-0.4, -0.2) is 17.1 Å². The second-order valence-corrected chi connectivity index (χ2v) is 9.85. The Morgan fingerprint density at radius 1 is 0.909 bits per heavy atom. The van der Waals surface area contributed by atoms with Crippen LogP contribution in [0, 0.1) is 46.8 Å². The molecule has 0 radical (unpaired) electrons. The minimum Gasteiger partial charge on any atom is -0.427 e. The molecule has 7 unspecified atom stereocenters. The van der Waals surface area contributed by atoms with Gasteiger partial charge in [0.15, 0.2) is 0 Å². The molecule has 0 N–H and O–H groups in total. The van der Waals surface area contributed by atoms with Gasteiger partial charge in [0.2, 0.25) is 0 Å². The fourth-order valence-corrected chi connectivity index (χ4v) is 8.51. The molecule has 0 aromatic carbocycles. The van der Waals surface area contributed by atoms with Crippen LogP contribution in [0.2, 0.25) is 0 Å². The van der Waals surface area contributed by atoms with Gasteiger partial charge >= 0.3 is 0 Å². The van der Waals surface area contributed by atoms with Gasteiger partial charge in [-0.2, -0.15) is 0 Å². The highest BCUT2D eigenvalue weighted by atomic mass is 28.2. The molecule has 4 bridgehead atoms. The molecule has 126 valence electrons. The van der Waals surface area contributed by atoms with Gasteiger partial charge in [0.25, 0.3) is 0 Å². The van der Waals surface area contributed by atoms with Crippen LogP contribution in [0.1, 0.15) is 71.6 Å². The molecule has 0 aliphatic heterocycles. The summed E-state index contributed by atoms with van der Waals surface area (Å²) in [6.07, 6.45) is 13.7. The predicted octanol–water partition coefficient (Wildman–Crippen LogP) is 4.19. The zero-order valence-corrected chi connectivity index (χ0v) is 17.0. The fraction of sp³-hybridized carbons (Fsp3) is 1.00. The van der Waals surface area contributed by atoms with Gasteiger partial charge in [-0.05, 0) is 98.2 Å². The van der Waals surface area contributed by atoms with Crippen molar-refractivity contribution in [2.45, 2.75) is 71.6 Å². The Bertz CT molecular complexity index is 405. The van der Waals surface area contributed by atoms with Crippen LogP contribution >= 0.6 is 0 Å². The predicted molar refractivity (Wildman–Crippen MR) is 95.7 cm³/mol. The third-order valence-corrected chi connectivity index (χ3v) is 9.10. The van der Waals surface area contributed by atoms with E-state index in [2.05, 4.69) is 13.8 Å². The van der Waals surface area contributed by atoms with E-state index >= 15 is 0 Å². The number of hydrogen-bond acceptors (Lipinski definition) is 1. The highest BCUT2D eigenvalue weighted by Crippen LogP contribution is 2.66. The maximum atomic E-state index is 5.92. The lowest BCUT2D eigenvalue weighted by Crippen LogP contribution is -2.45. The lowest BCUT2D eigenvalue weighted by Gasteiger charge is -2.49. The van der Waals surface area contributed by atoms with E-state index in [9.17, 15) is 0 Å². The van der Waals surface area contributed by atoms with Gasteiger partial charge in [-0.15, -0.1) is 0 Å². The maximum Gasteiger partial charge on any atom is 0.145 e. The Labute approximate surface area is 140 Å². The van der Waals surface area contributed by atoms with Gasteiger partial charge < -0.3 is 4.43 Å². The third kappa shape index (κ3) is 2.19. The van der Waals surface area contributed by atoms with Crippen molar-refractivity contribution < 1.29 is 4.43 Å². The summed E-state index contributed by atoms with van der Waals surface area (Å²) < 4.78 is 5.92. The van der Waals surface area contributed by atoms with Crippen LogP contribution in [0.4, 0.5) is 0 Å². The van der Waals surface area contributed by atoms with Crippen molar-refractivity contribution in [1.29, 1.82) is 0 Å². The number of rotatable bonds is 6. The van der Waals surface area contributed by atoms with Crippen molar-refractivity contribution in [1.82, 2.24) is 0 Å². The van der Waals surface area contributed by atoms with Crippen LogP contribution in [0.25, 0.3) is 0 Å². The van der Waals surface area contributed by atoms with Gasteiger partial charge in [0.05, 0.1) is 0 Å². The summed E-state index contributed by atoms with van der Waals surface area (Å²) in [7, 11) is 0.914. The third-order valence-electron chi connectivity index (χ3n) is 8.81. The van der Waals surface area contributed by atoms with Gasteiger partial charge in [0, 0.05) is 6.61 Å². The molecule has 0 aromatic heterocycles. The Kier molecular flexibility index (Phi) is 4.22. The summed E-state index contributed by atoms with van der Waals surface area (Å²) in [5, 5.41) is 0. The SMILES string of the molecule is CCC(CC)(CO[SiH3])C1C2CCC(C2)C1C1CC2CCC1C2. The van der Waals surface area contributed by atoms with Crippen LogP contribution in [0.15, 0.2) is 0 Å². The van der Waals surface area contributed by atoms with Crippen molar-refractivity contribution in [3.63, 3.8) is 0 Å². The fourth-order valence-electron chi connectivity index (χ4n) is 7.93. The molecule has 4 saturated carbocycles. The molecule has 4 aliphatic carbocycles. The lowest BCUT2D eigenvalue weighted by atomic mass is 9.57. The van der Waals surface area contributed by atoms with E-state index in [4.69, 9.17) is 4.43 Å². The standard InChI is InChI=1S/C20H36OSi/c1-3-20(4-2,12-21-22)19-16-8-7-15(11-16)18(19)17-10-13-5-6-14(17)9-13/h13-19H,3-12H2,1-2,22H3. The largest absolute Gasteiger partial charge is 0.427 e. The zero-order chi connectivity index (χ0) is 15.3. The molecular formula is C20H36OSi. The van der Waals surface area contributed by atoms with E-state index in [1.807, 2.05) is 0 Å². The van der Waals surface area contributed by atoms with E-state index in [1.54, 1.807) is 38.5 Å². The summed E-state index contributed by atoms with van der Waals surface area (Å²) in [5.74, 6) is 7.54. The highest BCUT2D eigenvalue weighted by Gasteiger charge is 2.59. The Morgan fingerprint density at radius 3 is 2.23 bits per heavy atom. The van der Waals surface area contributed by atoms with Crippen molar-refractivity contribution in [3.05, 3.63) is 0 Å². The first-order valence-corrected chi connectivity index (χ1v) is 11.0. The van der Waals surface area contributed by atoms with Crippen molar-refractivity contribution in [2.75, 3.05) is 6.61 Å². The van der Waals surface area contributed by atoms with Gasteiger partial charge in [-0.1, -0.05) is 20.3 Å². The molecule has 1 nitrogen and oxygen atoms in total. The molecule has 7 atom stereocenters. The molecule has 4 aliphatic rings. The Balaban J connectivity index is 1.63. The van der Waals surface area contributed by atoms with Gasteiger partial charge in [0.1, 0.15) is 10.5 Å². The van der Waals surface area contributed by atoms with Gasteiger partial charge in [-0.25, -0.2) is 0 Å². The van der Waals surface area contributed by atoms with Crippen LogP contribution in [-0.2, 0) is 4.43 Å². The number of hydrogen-bond donors (Lipinski definition) is 0. The average Bonchev–Trinajstić information content (AvgIpc) is 3.31. The molecule has 0 spiro atoms. The molecule has 0 aromatic rings. The minimum absolute atomic E-state index is 0.508. The van der Waals surface area contributed by atoms with E-state index in [1.165, 1.54) is 19.3 Å². The van der Waals surface area contributed by atoms with E-state index in [-0.39, 0.29) is 0 Å². The molecule has 2 heteroatoms. The minimum atomic E-state index is 0.508. The van der Waals surface area contributed by atoms with Crippen LogP contribution < -0.4 is 0 Å². The topological polar surface area (TPSA) is 9.23 Å². The zero-order valence-electron chi connectivity index (χ0n) is 15.0. The summed E-state index contributed by atoms with van der Waals surface area (Å²) in [6, 6.07) is 0. The Hall–Kier alpha value is 0.177. The normalized spacial score (nSPS) is 46.9. The molecule has 0 amide bonds. The average molecular weight is 321 g/mol. The molecule has 4 rings (SSSR count). The molecule has 4 fully saturated rings. The van der Waals surface area contributed by atoms with E-state index in [0.29, 0.717) is 5.41 Å². The first-order chi connectivity index (χ1) is 10.7. The first kappa shape index (κ1) is 15.7. The summed E-state index contributed by atoms with van der Waals surface area (Å²) in [4.78, 5) is 0. The van der Waals surface area contributed by atoms with Crippen molar-refractivity contribution in [3.8, 4) is 0 Å². The highest BCUT2D eigenvalue weighted by molar-refractivity contribution is 5.97. The summed E-state index contributed by atoms with van der Waals surface area (Å²) in [6.45, 7) is 5.97. The Morgan fingerprint density at radius 2 is 1.64 bits per heavy atom. The van der Waals surface area contributed by atoms with Crippen molar-refractivity contribution >= 4 is 10.5 Å². The summed E-state index contributed by atoms with van der Waals surface area (Å²) in [5.41, 5.74) is 0.508. The molecule has 22 heavy (non-hydrogen) atoms. The molecular weight excluding hydrogens is 284 g/mol. The second kappa shape index (κ2) is 5.92. The molecule has 0 heterocycles. The van der Waals surface area contributed by atoms with E-state index < -0.39 is 0 Å². The van der Waals surface area contributed by atoms with Crippen LogP contribution in [0.3, 0.4) is 0 Å². The molecule has 0 saturated heterocycles. The van der Waals surface area contributed by atoms with Gasteiger partial charge in [-0.3, -0.25) is 0 Å².